The maximum Gasteiger partial charge on any atom is -0.0289 e. The Balaban J connectivity index is 0.000000229. The van der Waals surface area contributed by atoms with Crippen molar-refractivity contribution < 1.29 is 0 Å². The third kappa shape index (κ3) is 6.11. The Labute approximate surface area is 95.1 Å². The molecule has 2 aliphatic rings. The topological polar surface area (TPSA) is 0 Å². The van der Waals surface area contributed by atoms with E-state index in [-0.39, 0.29) is 0 Å². The maximum absolute atomic E-state index is 3.51. The van der Waals surface area contributed by atoms with Gasteiger partial charge < -0.3 is 0 Å². The molecule has 0 spiro atoms. The minimum Gasteiger partial charge on any atom is -0.106 e. The van der Waals surface area contributed by atoms with Crippen LogP contribution in [0.5, 0.6) is 0 Å². The molecular weight excluding hydrogens is 180 g/mol. The summed E-state index contributed by atoms with van der Waals surface area (Å²) in [4.78, 5) is 0. The lowest BCUT2D eigenvalue weighted by molar-refractivity contribution is 0.576. The molecule has 0 radical (unpaired) electrons. The average molecular weight is 204 g/mol. The highest BCUT2D eigenvalue weighted by Crippen LogP contribution is 2.38. The first-order chi connectivity index (χ1) is 7.36. The quantitative estimate of drug-likeness (QED) is 0.436. The van der Waals surface area contributed by atoms with E-state index in [4.69, 9.17) is 0 Å². The summed E-state index contributed by atoms with van der Waals surface area (Å²) in [5.74, 6) is 1.08. The van der Waals surface area contributed by atoms with Gasteiger partial charge >= 0.3 is 0 Å². The second-order valence-corrected chi connectivity index (χ2v) is 3.78. The van der Waals surface area contributed by atoms with E-state index in [1.807, 2.05) is 6.08 Å². The van der Waals surface area contributed by atoms with Crippen molar-refractivity contribution >= 4 is 0 Å². The standard InChI is InChI=1S/C7H10.C6H10.C2H4/c1-2-7-4-3-6(1)5-7;1-3-5-6-4-2;1-2/h1,7H,2-5H2;3,5-6H,1,4H2,2H3;1-2H2/b;6-5+;. The molecule has 2 aliphatic carbocycles. The fourth-order valence-corrected chi connectivity index (χ4v) is 1.92. The van der Waals surface area contributed by atoms with Gasteiger partial charge in [0.2, 0.25) is 0 Å². The Morgan fingerprint density at radius 2 is 2.20 bits per heavy atom. The van der Waals surface area contributed by atoms with Crippen molar-refractivity contribution in [2.75, 3.05) is 0 Å². The Hall–Kier alpha value is -1.04. The van der Waals surface area contributed by atoms with Crippen LogP contribution in [-0.2, 0) is 0 Å². The van der Waals surface area contributed by atoms with E-state index in [9.17, 15) is 0 Å². The molecule has 84 valence electrons. The van der Waals surface area contributed by atoms with Crippen molar-refractivity contribution in [3.05, 3.63) is 49.6 Å². The van der Waals surface area contributed by atoms with E-state index in [1.54, 1.807) is 11.6 Å². The highest BCUT2D eigenvalue weighted by molar-refractivity contribution is 5.15. The van der Waals surface area contributed by atoms with Crippen LogP contribution >= 0.6 is 0 Å². The summed E-state index contributed by atoms with van der Waals surface area (Å²) in [5, 5.41) is 0. The third-order valence-corrected chi connectivity index (χ3v) is 2.67. The van der Waals surface area contributed by atoms with Crippen molar-refractivity contribution in [1.82, 2.24) is 0 Å². The van der Waals surface area contributed by atoms with Gasteiger partial charge in [-0.15, -0.1) is 13.2 Å². The van der Waals surface area contributed by atoms with Gasteiger partial charge in [-0.3, -0.25) is 0 Å². The van der Waals surface area contributed by atoms with Gasteiger partial charge in [-0.25, -0.2) is 0 Å². The van der Waals surface area contributed by atoms with Crippen molar-refractivity contribution in [2.24, 2.45) is 5.92 Å². The number of hydrogen-bond acceptors (Lipinski definition) is 0. The lowest BCUT2D eigenvalue weighted by atomic mass is 10.1. The molecule has 0 N–H and O–H groups in total. The fraction of sp³-hybridized carbons (Fsp3) is 0.467. The molecule has 1 unspecified atom stereocenters. The zero-order valence-electron chi connectivity index (χ0n) is 10.0. The van der Waals surface area contributed by atoms with Crippen LogP contribution in [0.25, 0.3) is 0 Å². The zero-order chi connectivity index (χ0) is 11.5. The van der Waals surface area contributed by atoms with Crippen LogP contribution in [0.1, 0.15) is 39.0 Å². The number of hydrogen-bond donors (Lipinski definition) is 0. The van der Waals surface area contributed by atoms with Crippen molar-refractivity contribution in [2.45, 2.75) is 39.0 Å². The van der Waals surface area contributed by atoms with Crippen molar-refractivity contribution in [1.29, 1.82) is 0 Å². The van der Waals surface area contributed by atoms with E-state index in [1.165, 1.54) is 25.7 Å². The second-order valence-electron chi connectivity index (χ2n) is 3.78. The summed E-state index contributed by atoms with van der Waals surface area (Å²) < 4.78 is 0. The van der Waals surface area contributed by atoms with Crippen molar-refractivity contribution in [3.63, 3.8) is 0 Å². The molecule has 0 amide bonds. The maximum atomic E-state index is 3.51. The number of fused-ring (bicyclic) bond motifs is 2. The summed E-state index contributed by atoms with van der Waals surface area (Å²) in [6.45, 7) is 11.6. The number of rotatable bonds is 2. The van der Waals surface area contributed by atoms with E-state index in [2.05, 4.69) is 38.8 Å². The minimum atomic E-state index is 1.08. The second kappa shape index (κ2) is 9.51. The summed E-state index contributed by atoms with van der Waals surface area (Å²) in [6.07, 6.45) is 15.1. The normalized spacial score (nSPS) is 21.1. The third-order valence-electron chi connectivity index (χ3n) is 2.67. The largest absolute Gasteiger partial charge is 0.106 e. The summed E-state index contributed by atoms with van der Waals surface area (Å²) in [5.41, 5.74) is 1.74. The van der Waals surface area contributed by atoms with Crippen LogP contribution in [0.4, 0.5) is 0 Å². The van der Waals surface area contributed by atoms with E-state index in [0.29, 0.717) is 0 Å². The van der Waals surface area contributed by atoms with Crippen LogP contribution in [0, 0.1) is 5.92 Å². The molecule has 0 saturated heterocycles. The van der Waals surface area contributed by atoms with Gasteiger partial charge in [-0.2, -0.15) is 0 Å². The van der Waals surface area contributed by atoms with E-state index < -0.39 is 0 Å². The monoisotopic (exact) mass is 204 g/mol. The molecule has 0 heteroatoms. The molecule has 2 bridgehead atoms. The summed E-state index contributed by atoms with van der Waals surface area (Å²) in [7, 11) is 0. The SMILES string of the molecule is C1=C2CCC(C1)C2.C=C.C=C/C=C/CC. The summed E-state index contributed by atoms with van der Waals surface area (Å²) >= 11 is 0. The molecule has 1 atom stereocenters. The minimum absolute atomic E-state index is 1.08. The van der Waals surface area contributed by atoms with E-state index >= 15 is 0 Å². The Kier molecular flexibility index (Phi) is 8.85. The molecule has 0 aliphatic heterocycles. The Morgan fingerprint density at radius 3 is 2.33 bits per heavy atom. The molecule has 0 aromatic carbocycles. The van der Waals surface area contributed by atoms with Crippen LogP contribution in [-0.4, -0.2) is 0 Å². The van der Waals surface area contributed by atoms with Crippen LogP contribution < -0.4 is 0 Å². The zero-order valence-corrected chi connectivity index (χ0v) is 10.0. The molecule has 15 heavy (non-hydrogen) atoms. The molecule has 0 aromatic rings. The first-order valence-electron chi connectivity index (χ1n) is 5.82. The van der Waals surface area contributed by atoms with Crippen LogP contribution in [0.2, 0.25) is 0 Å². The van der Waals surface area contributed by atoms with E-state index in [0.717, 1.165) is 12.3 Å². The summed E-state index contributed by atoms with van der Waals surface area (Å²) in [6, 6.07) is 0. The first kappa shape index (κ1) is 14.0. The van der Waals surface area contributed by atoms with Crippen molar-refractivity contribution in [3.8, 4) is 0 Å². The molecule has 1 fully saturated rings. The molecule has 0 nitrogen and oxygen atoms in total. The van der Waals surface area contributed by atoms with Gasteiger partial charge in [0.15, 0.2) is 0 Å². The predicted octanol–water partition coefficient (Wildman–Crippen LogP) is 5.06. The average Bonchev–Trinajstić information content (AvgIpc) is 2.94. The van der Waals surface area contributed by atoms with Crippen LogP contribution in [0.3, 0.4) is 0 Å². The lowest BCUT2D eigenvalue weighted by Crippen LogP contribution is -1.85. The van der Waals surface area contributed by atoms with Gasteiger partial charge in [0.1, 0.15) is 0 Å². The smallest absolute Gasteiger partial charge is 0.0289 e. The van der Waals surface area contributed by atoms with Gasteiger partial charge in [-0.1, -0.05) is 43.4 Å². The molecular formula is C15H24. The highest BCUT2D eigenvalue weighted by atomic mass is 14.3. The van der Waals surface area contributed by atoms with Crippen LogP contribution in [0.15, 0.2) is 49.6 Å². The number of allylic oxidation sites excluding steroid dienone is 5. The molecule has 0 aromatic heterocycles. The van der Waals surface area contributed by atoms with Gasteiger partial charge in [0, 0.05) is 0 Å². The first-order valence-corrected chi connectivity index (χ1v) is 5.82. The van der Waals surface area contributed by atoms with Gasteiger partial charge in [-0.05, 0) is 38.0 Å². The Morgan fingerprint density at radius 1 is 1.47 bits per heavy atom. The molecule has 2 rings (SSSR count). The fourth-order valence-electron chi connectivity index (χ4n) is 1.92. The van der Waals surface area contributed by atoms with Gasteiger partial charge in [0.25, 0.3) is 0 Å². The highest BCUT2D eigenvalue weighted by Gasteiger charge is 2.22. The van der Waals surface area contributed by atoms with Gasteiger partial charge in [0.05, 0.1) is 0 Å². The predicted molar refractivity (Wildman–Crippen MR) is 70.9 cm³/mol. The molecule has 1 saturated carbocycles. The molecule has 0 heterocycles. The Bertz CT molecular complexity index is 220. The lowest BCUT2D eigenvalue weighted by Gasteiger charge is -1.98.